The second-order valence-corrected chi connectivity index (χ2v) is 7.36. The number of benzene rings is 2. The van der Waals surface area contributed by atoms with E-state index in [1.54, 1.807) is 6.20 Å². The first kappa shape index (κ1) is 14.3. The van der Waals surface area contributed by atoms with Crippen LogP contribution in [0.1, 0.15) is 11.1 Å². The Morgan fingerprint density at radius 2 is 1.75 bits per heavy atom. The standard InChI is InChI=1S/C24H14N4/c1-2-5-15-14(4-1)12-19-16(15)7-8-18-17-9-11-25-13-21(17)28-20-6-3-10-26-23(20)27-24(28)22(18)19/h1-11,13H,12H2. The molecule has 0 fully saturated rings. The Morgan fingerprint density at radius 1 is 0.786 bits per heavy atom. The zero-order chi connectivity index (χ0) is 18.2. The molecule has 4 heteroatoms. The summed E-state index contributed by atoms with van der Waals surface area (Å²) in [7, 11) is 0. The van der Waals surface area contributed by atoms with Crippen molar-refractivity contribution in [1.29, 1.82) is 0 Å². The predicted octanol–water partition coefficient (Wildman–Crippen LogP) is 5.16. The summed E-state index contributed by atoms with van der Waals surface area (Å²) < 4.78 is 2.22. The van der Waals surface area contributed by atoms with Crippen LogP contribution in [-0.4, -0.2) is 19.4 Å². The van der Waals surface area contributed by atoms with Gasteiger partial charge in [0.1, 0.15) is 5.65 Å². The number of nitrogens with zero attached hydrogens (tertiary/aromatic N) is 4. The molecule has 0 saturated carbocycles. The maximum atomic E-state index is 4.96. The lowest BCUT2D eigenvalue weighted by atomic mass is 9.98. The zero-order valence-electron chi connectivity index (χ0n) is 14.9. The van der Waals surface area contributed by atoms with Gasteiger partial charge in [0.2, 0.25) is 0 Å². The Labute approximate surface area is 160 Å². The van der Waals surface area contributed by atoms with Crippen LogP contribution in [0.15, 0.2) is 73.2 Å². The lowest BCUT2D eigenvalue weighted by molar-refractivity contribution is 1.25. The highest BCUT2D eigenvalue weighted by atomic mass is 15.1. The summed E-state index contributed by atoms with van der Waals surface area (Å²) in [5, 5.41) is 3.65. The van der Waals surface area contributed by atoms with E-state index >= 15 is 0 Å². The highest BCUT2D eigenvalue weighted by Gasteiger charge is 2.24. The van der Waals surface area contributed by atoms with Gasteiger partial charge in [-0.1, -0.05) is 36.4 Å². The number of imidazole rings is 1. The van der Waals surface area contributed by atoms with E-state index in [1.165, 1.54) is 38.4 Å². The van der Waals surface area contributed by atoms with Gasteiger partial charge in [-0.05, 0) is 52.3 Å². The van der Waals surface area contributed by atoms with Gasteiger partial charge in [0.05, 0.1) is 17.2 Å². The van der Waals surface area contributed by atoms with Crippen molar-refractivity contribution >= 4 is 38.5 Å². The lowest BCUT2D eigenvalue weighted by Crippen LogP contribution is -1.95. The van der Waals surface area contributed by atoms with Crippen LogP contribution in [0.4, 0.5) is 0 Å². The van der Waals surface area contributed by atoms with Crippen LogP contribution < -0.4 is 0 Å². The fourth-order valence-corrected chi connectivity index (χ4v) is 4.81. The van der Waals surface area contributed by atoms with Gasteiger partial charge in [-0.15, -0.1) is 0 Å². The van der Waals surface area contributed by atoms with Gasteiger partial charge in [0, 0.05) is 23.2 Å². The molecule has 0 amide bonds. The van der Waals surface area contributed by atoms with E-state index in [1.807, 2.05) is 18.5 Å². The van der Waals surface area contributed by atoms with Gasteiger partial charge in [0.25, 0.3) is 0 Å². The van der Waals surface area contributed by atoms with Crippen LogP contribution in [0, 0.1) is 0 Å². The van der Waals surface area contributed by atoms with Gasteiger partial charge in [0.15, 0.2) is 5.65 Å². The van der Waals surface area contributed by atoms with Crippen molar-refractivity contribution in [1.82, 2.24) is 19.4 Å². The van der Waals surface area contributed by atoms with Crippen molar-refractivity contribution in [3.63, 3.8) is 0 Å². The third-order valence-electron chi connectivity index (χ3n) is 5.97. The minimum atomic E-state index is 0.772. The quantitative estimate of drug-likeness (QED) is 0.352. The van der Waals surface area contributed by atoms with E-state index in [-0.39, 0.29) is 0 Å². The molecule has 1 aliphatic rings. The van der Waals surface area contributed by atoms with Gasteiger partial charge in [-0.3, -0.25) is 9.38 Å². The van der Waals surface area contributed by atoms with E-state index in [9.17, 15) is 0 Å². The van der Waals surface area contributed by atoms with Gasteiger partial charge < -0.3 is 0 Å². The second-order valence-electron chi connectivity index (χ2n) is 7.36. The van der Waals surface area contributed by atoms with E-state index in [2.05, 4.69) is 62.9 Å². The summed E-state index contributed by atoms with van der Waals surface area (Å²) in [6.07, 6.45) is 6.54. The Hall–Kier alpha value is -3.79. The molecule has 0 spiro atoms. The third-order valence-corrected chi connectivity index (χ3v) is 5.97. The molecule has 4 nitrogen and oxygen atoms in total. The number of pyridine rings is 3. The third kappa shape index (κ3) is 1.63. The number of rotatable bonds is 0. The zero-order valence-corrected chi connectivity index (χ0v) is 14.9. The smallest absolute Gasteiger partial charge is 0.178 e. The molecular weight excluding hydrogens is 344 g/mol. The van der Waals surface area contributed by atoms with Crippen LogP contribution in [0.5, 0.6) is 0 Å². The van der Waals surface area contributed by atoms with Gasteiger partial charge in [-0.2, -0.15) is 0 Å². The normalized spacial score (nSPS) is 12.9. The molecule has 0 unspecified atom stereocenters. The first-order valence-corrected chi connectivity index (χ1v) is 9.43. The topological polar surface area (TPSA) is 43.1 Å². The molecule has 4 heterocycles. The predicted molar refractivity (Wildman–Crippen MR) is 112 cm³/mol. The lowest BCUT2D eigenvalue weighted by Gasteiger charge is -2.12. The molecule has 0 bridgehead atoms. The maximum Gasteiger partial charge on any atom is 0.178 e. The molecule has 2 aromatic carbocycles. The first-order chi connectivity index (χ1) is 13.9. The van der Waals surface area contributed by atoms with Crippen molar-refractivity contribution in [3.8, 4) is 11.1 Å². The minimum absolute atomic E-state index is 0.772. The first-order valence-electron chi connectivity index (χ1n) is 9.43. The molecule has 6 aromatic rings. The summed E-state index contributed by atoms with van der Waals surface area (Å²) in [4.78, 5) is 13.9. The largest absolute Gasteiger partial charge is 0.288 e. The minimum Gasteiger partial charge on any atom is -0.288 e. The molecule has 7 rings (SSSR count). The van der Waals surface area contributed by atoms with Crippen LogP contribution in [0.2, 0.25) is 0 Å². The monoisotopic (exact) mass is 358 g/mol. The van der Waals surface area contributed by atoms with Crippen molar-refractivity contribution < 1.29 is 0 Å². The molecule has 4 aromatic heterocycles. The molecule has 0 atom stereocenters. The number of fused-ring (bicyclic) bond motifs is 12. The molecule has 0 aliphatic heterocycles. The number of hydrogen-bond donors (Lipinski definition) is 0. The van der Waals surface area contributed by atoms with Crippen molar-refractivity contribution in [2.24, 2.45) is 0 Å². The van der Waals surface area contributed by atoms with Crippen LogP contribution in [0.25, 0.3) is 49.6 Å². The Morgan fingerprint density at radius 3 is 2.75 bits per heavy atom. The number of aromatic nitrogens is 4. The average molecular weight is 358 g/mol. The Bertz CT molecular complexity index is 1590. The highest BCUT2D eigenvalue weighted by Crippen LogP contribution is 2.43. The van der Waals surface area contributed by atoms with Gasteiger partial charge in [-0.25, -0.2) is 9.97 Å². The summed E-state index contributed by atoms with van der Waals surface area (Å²) in [6, 6.07) is 19.4. The second kappa shape index (κ2) is 4.93. The number of hydrogen-bond acceptors (Lipinski definition) is 3. The maximum absolute atomic E-state index is 4.96. The average Bonchev–Trinajstić information content (AvgIpc) is 3.32. The molecule has 28 heavy (non-hydrogen) atoms. The van der Waals surface area contributed by atoms with E-state index in [0.717, 1.165) is 28.7 Å². The molecular formula is C24H14N4. The molecule has 0 radical (unpaired) electrons. The SMILES string of the molecule is c1ccc2c(c1)Cc1c-2ccc2c3ccncc3n3c4cccnc4nc3c12. The molecule has 1 aliphatic carbocycles. The van der Waals surface area contributed by atoms with Crippen LogP contribution >= 0.6 is 0 Å². The molecule has 0 N–H and O–H groups in total. The van der Waals surface area contributed by atoms with E-state index in [0.29, 0.717) is 0 Å². The van der Waals surface area contributed by atoms with Crippen molar-refractivity contribution in [3.05, 3.63) is 84.3 Å². The van der Waals surface area contributed by atoms with Crippen LogP contribution in [-0.2, 0) is 6.42 Å². The van der Waals surface area contributed by atoms with E-state index < -0.39 is 0 Å². The van der Waals surface area contributed by atoms with E-state index in [4.69, 9.17) is 4.98 Å². The molecule has 130 valence electrons. The van der Waals surface area contributed by atoms with Crippen LogP contribution in [0.3, 0.4) is 0 Å². The summed E-state index contributed by atoms with van der Waals surface area (Å²) in [6.45, 7) is 0. The van der Waals surface area contributed by atoms with Crippen molar-refractivity contribution in [2.75, 3.05) is 0 Å². The summed E-state index contributed by atoms with van der Waals surface area (Å²) in [5.41, 5.74) is 9.22. The summed E-state index contributed by atoms with van der Waals surface area (Å²) in [5.74, 6) is 0. The molecule has 0 saturated heterocycles. The highest BCUT2D eigenvalue weighted by molar-refractivity contribution is 6.16. The van der Waals surface area contributed by atoms with Crippen molar-refractivity contribution in [2.45, 2.75) is 6.42 Å². The Balaban J connectivity index is 1.79. The van der Waals surface area contributed by atoms with Gasteiger partial charge >= 0.3 is 0 Å². The summed E-state index contributed by atoms with van der Waals surface area (Å²) >= 11 is 0. The fraction of sp³-hybridized carbons (Fsp3) is 0.0417. The Kier molecular flexibility index (Phi) is 2.51. The fourth-order valence-electron chi connectivity index (χ4n) is 4.81.